The molecule has 0 aliphatic carbocycles. The molecule has 1 heterocycles. The first-order chi connectivity index (χ1) is 8.70. The van der Waals surface area contributed by atoms with Crippen molar-refractivity contribution in [2.45, 2.75) is 25.9 Å². The standard InChI is InChI=1S/C14H15N3O/c1-11(10-15)16-14(18)7-9-17-8-6-12-4-2-3-5-13(12)17/h2-6,8,11H,7,9H2,1H3,(H,16,18). The van der Waals surface area contributed by atoms with Crippen LogP contribution in [0.1, 0.15) is 13.3 Å². The van der Waals surface area contributed by atoms with Gasteiger partial charge in [-0.25, -0.2) is 0 Å². The first kappa shape index (κ1) is 12.2. The SMILES string of the molecule is CC(C#N)NC(=O)CCn1ccc2ccccc21. The molecule has 0 spiro atoms. The monoisotopic (exact) mass is 241 g/mol. The highest BCUT2D eigenvalue weighted by molar-refractivity contribution is 5.80. The van der Waals surface area contributed by atoms with Crippen LogP contribution >= 0.6 is 0 Å². The van der Waals surface area contributed by atoms with Gasteiger partial charge in [0.05, 0.1) is 6.07 Å². The van der Waals surface area contributed by atoms with Gasteiger partial charge in [0, 0.05) is 24.7 Å². The van der Waals surface area contributed by atoms with Crippen molar-refractivity contribution in [2.24, 2.45) is 0 Å². The summed E-state index contributed by atoms with van der Waals surface area (Å²) < 4.78 is 2.05. The van der Waals surface area contributed by atoms with E-state index >= 15 is 0 Å². The number of rotatable bonds is 4. The van der Waals surface area contributed by atoms with Gasteiger partial charge in [-0.3, -0.25) is 4.79 Å². The Labute approximate surface area is 106 Å². The van der Waals surface area contributed by atoms with Crippen molar-refractivity contribution >= 4 is 16.8 Å². The Morgan fingerprint density at radius 1 is 1.44 bits per heavy atom. The van der Waals surface area contributed by atoms with Gasteiger partial charge in [0.15, 0.2) is 0 Å². The topological polar surface area (TPSA) is 57.8 Å². The van der Waals surface area contributed by atoms with E-state index in [4.69, 9.17) is 5.26 Å². The molecule has 4 heteroatoms. The average Bonchev–Trinajstić information content (AvgIpc) is 2.79. The van der Waals surface area contributed by atoms with Crippen molar-refractivity contribution in [1.82, 2.24) is 9.88 Å². The molecule has 0 aliphatic heterocycles. The number of benzene rings is 1. The van der Waals surface area contributed by atoms with Gasteiger partial charge in [0.2, 0.25) is 5.91 Å². The second-order valence-corrected chi connectivity index (χ2v) is 4.24. The molecule has 4 nitrogen and oxygen atoms in total. The Morgan fingerprint density at radius 2 is 2.22 bits per heavy atom. The number of carbonyl (C=O) groups excluding carboxylic acids is 1. The first-order valence-corrected chi connectivity index (χ1v) is 5.93. The zero-order valence-corrected chi connectivity index (χ0v) is 10.3. The number of hydrogen-bond donors (Lipinski definition) is 1. The van der Waals surface area contributed by atoms with E-state index in [2.05, 4.69) is 5.32 Å². The van der Waals surface area contributed by atoms with Crippen LogP contribution in [0.3, 0.4) is 0 Å². The lowest BCUT2D eigenvalue weighted by Crippen LogP contribution is -2.31. The summed E-state index contributed by atoms with van der Waals surface area (Å²) in [5, 5.41) is 12.4. The van der Waals surface area contributed by atoms with Gasteiger partial charge in [-0.2, -0.15) is 5.26 Å². The third kappa shape index (κ3) is 2.69. The van der Waals surface area contributed by atoms with Gasteiger partial charge in [0.25, 0.3) is 0 Å². The zero-order valence-electron chi connectivity index (χ0n) is 10.3. The van der Waals surface area contributed by atoms with Crippen LogP contribution in [0, 0.1) is 11.3 Å². The number of nitriles is 1. The fourth-order valence-corrected chi connectivity index (χ4v) is 1.90. The lowest BCUT2D eigenvalue weighted by molar-refractivity contribution is -0.121. The maximum Gasteiger partial charge on any atom is 0.222 e. The molecule has 0 saturated carbocycles. The lowest BCUT2D eigenvalue weighted by atomic mass is 10.2. The molecule has 0 saturated heterocycles. The number of para-hydroxylation sites is 1. The molecule has 1 N–H and O–H groups in total. The largest absolute Gasteiger partial charge is 0.347 e. The van der Waals surface area contributed by atoms with Crippen molar-refractivity contribution < 1.29 is 4.79 Å². The highest BCUT2D eigenvalue weighted by Crippen LogP contribution is 2.15. The molecule has 1 aromatic heterocycles. The van der Waals surface area contributed by atoms with E-state index < -0.39 is 6.04 Å². The minimum absolute atomic E-state index is 0.0955. The van der Waals surface area contributed by atoms with Crippen molar-refractivity contribution in [2.75, 3.05) is 0 Å². The predicted molar refractivity (Wildman–Crippen MR) is 69.8 cm³/mol. The third-order valence-electron chi connectivity index (χ3n) is 2.83. The third-order valence-corrected chi connectivity index (χ3v) is 2.83. The Hall–Kier alpha value is -2.28. The van der Waals surface area contributed by atoms with E-state index in [1.807, 2.05) is 47.2 Å². The van der Waals surface area contributed by atoms with Gasteiger partial charge in [-0.1, -0.05) is 18.2 Å². The number of hydrogen-bond acceptors (Lipinski definition) is 2. The molecular formula is C14H15N3O. The number of nitrogens with zero attached hydrogens (tertiary/aromatic N) is 2. The Balaban J connectivity index is 1.99. The molecule has 0 radical (unpaired) electrons. The van der Waals surface area contributed by atoms with Gasteiger partial charge in [-0.15, -0.1) is 0 Å². The van der Waals surface area contributed by atoms with Crippen LogP contribution in [0.5, 0.6) is 0 Å². The highest BCUT2D eigenvalue weighted by atomic mass is 16.1. The minimum atomic E-state index is -0.432. The molecule has 2 aromatic rings. The fourth-order valence-electron chi connectivity index (χ4n) is 1.90. The number of aryl methyl sites for hydroxylation is 1. The molecule has 0 aliphatic rings. The predicted octanol–water partition coefficient (Wildman–Crippen LogP) is 2.06. The smallest absolute Gasteiger partial charge is 0.222 e. The van der Waals surface area contributed by atoms with Crippen LogP contribution in [-0.4, -0.2) is 16.5 Å². The molecule has 2 rings (SSSR count). The van der Waals surface area contributed by atoms with E-state index in [-0.39, 0.29) is 5.91 Å². The molecular weight excluding hydrogens is 226 g/mol. The minimum Gasteiger partial charge on any atom is -0.347 e. The Morgan fingerprint density at radius 3 is 3.00 bits per heavy atom. The summed E-state index contributed by atoms with van der Waals surface area (Å²) in [5.74, 6) is -0.0955. The van der Waals surface area contributed by atoms with Gasteiger partial charge in [-0.05, 0) is 24.4 Å². The number of amides is 1. The molecule has 92 valence electrons. The van der Waals surface area contributed by atoms with Crippen LogP contribution in [0.15, 0.2) is 36.5 Å². The number of aromatic nitrogens is 1. The van der Waals surface area contributed by atoms with Gasteiger partial charge < -0.3 is 9.88 Å². The van der Waals surface area contributed by atoms with E-state index in [1.165, 1.54) is 5.39 Å². The number of fused-ring (bicyclic) bond motifs is 1. The van der Waals surface area contributed by atoms with Crippen molar-refractivity contribution in [3.05, 3.63) is 36.5 Å². The summed E-state index contributed by atoms with van der Waals surface area (Å²) in [6, 6.07) is 11.6. The maximum absolute atomic E-state index is 11.6. The molecule has 1 atom stereocenters. The fraction of sp³-hybridized carbons (Fsp3) is 0.286. The second kappa shape index (κ2) is 5.37. The van der Waals surface area contributed by atoms with Crippen LogP contribution in [0.4, 0.5) is 0 Å². The first-order valence-electron chi connectivity index (χ1n) is 5.93. The molecule has 1 unspecified atom stereocenters. The summed E-state index contributed by atoms with van der Waals surface area (Å²) in [5.41, 5.74) is 1.12. The van der Waals surface area contributed by atoms with E-state index in [9.17, 15) is 4.79 Å². The molecule has 1 amide bonds. The Bertz CT molecular complexity index is 594. The van der Waals surface area contributed by atoms with E-state index in [0.717, 1.165) is 5.52 Å². The average molecular weight is 241 g/mol. The lowest BCUT2D eigenvalue weighted by Gasteiger charge is -2.08. The summed E-state index contributed by atoms with van der Waals surface area (Å²) in [4.78, 5) is 11.6. The van der Waals surface area contributed by atoms with Crippen LogP contribution in [0.2, 0.25) is 0 Å². The zero-order chi connectivity index (χ0) is 13.0. The van der Waals surface area contributed by atoms with Crippen LogP contribution in [-0.2, 0) is 11.3 Å². The van der Waals surface area contributed by atoms with E-state index in [1.54, 1.807) is 6.92 Å². The van der Waals surface area contributed by atoms with Gasteiger partial charge in [0.1, 0.15) is 6.04 Å². The normalized spacial score (nSPS) is 12.0. The van der Waals surface area contributed by atoms with E-state index in [0.29, 0.717) is 13.0 Å². The Kier molecular flexibility index (Phi) is 3.63. The molecule has 18 heavy (non-hydrogen) atoms. The maximum atomic E-state index is 11.6. The molecule has 1 aromatic carbocycles. The van der Waals surface area contributed by atoms with Crippen molar-refractivity contribution in [3.8, 4) is 6.07 Å². The summed E-state index contributed by atoms with van der Waals surface area (Å²) >= 11 is 0. The number of nitrogens with one attached hydrogen (secondary N) is 1. The van der Waals surface area contributed by atoms with Crippen LogP contribution < -0.4 is 5.32 Å². The molecule has 0 bridgehead atoms. The number of carbonyl (C=O) groups is 1. The summed E-state index contributed by atoms with van der Waals surface area (Å²) in [7, 11) is 0. The highest BCUT2D eigenvalue weighted by Gasteiger charge is 2.07. The van der Waals surface area contributed by atoms with Crippen LogP contribution in [0.25, 0.3) is 10.9 Å². The second-order valence-electron chi connectivity index (χ2n) is 4.24. The molecule has 0 fully saturated rings. The summed E-state index contributed by atoms with van der Waals surface area (Å²) in [6.45, 7) is 2.29. The summed E-state index contributed by atoms with van der Waals surface area (Å²) in [6.07, 6.45) is 2.36. The van der Waals surface area contributed by atoms with Crippen molar-refractivity contribution in [3.63, 3.8) is 0 Å². The quantitative estimate of drug-likeness (QED) is 0.890. The van der Waals surface area contributed by atoms with Gasteiger partial charge >= 0.3 is 0 Å². The van der Waals surface area contributed by atoms with Crippen molar-refractivity contribution in [1.29, 1.82) is 5.26 Å².